The third kappa shape index (κ3) is 4.14. The van der Waals surface area contributed by atoms with Gasteiger partial charge in [-0.2, -0.15) is 15.8 Å². The SMILES string of the molecule is N#Cc1cc(C#N)cc(-c2cc(-c3ccc4c(c3)sc3ccccc34)c(C#N)c(-c3ccc4sc5ccccc5c4c3)c2)c1. The van der Waals surface area contributed by atoms with Gasteiger partial charge in [-0.25, -0.2) is 0 Å². The highest BCUT2D eigenvalue weighted by Crippen LogP contribution is 2.42. The minimum absolute atomic E-state index is 0.421. The van der Waals surface area contributed by atoms with Crippen LogP contribution >= 0.6 is 22.7 Å². The number of nitriles is 3. The molecule has 5 heteroatoms. The van der Waals surface area contributed by atoms with Crippen molar-refractivity contribution in [3.05, 3.63) is 132 Å². The van der Waals surface area contributed by atoms with E-state index in [0.717, 1.165) is 43.5 Å². The van der Waals surface area contributed by atoms with E-state index in [0.29, 0.717) is 16.7 Å². The van der Waals surface area contributed by atoms with Crippen LogP contribution in [0.1, 0.15) is 16.7 Å². The zero-order chi connectivity index (χ0) is 29.8. The van der Waals surface area contributed by atoms with Gasteiger partial charge in [0, 0.05) is 51.5 Å². The number of hydrogen-bond donors (Lipinski definition) is 0. The fraction of sp³-hybridized carbons (Fsp3) is 0. The molecule has 202 valence electrons. The van der Waals surface area contributed by atoms with E-state index < -0.39 is 0 Å². The molecule has 0 aliphatic heterocycles. The molecule has 8 aromatic rings. The van der Waals surface area contributed by atoms with Gasteiger partial charge in [-0.15, -0.1) is 22.7 Å². The lowest BCUT2D eigenvalue weighted by Crippen LogP contribution is -1.94. The third-order valence-electron chi connectivity index (χ3n) is 8.15. The van der Waals surface area contributed by atoms with Crippen molar-refractivity contribution < 1.29 is 0 Å². The molecule has 0 radical (unpaired) electrons. The summed E-state index contributed by atoms with van der Waals surface area (Å²) in [6, 6.07) is 45.8. The molecule has 2 aromatic heterocycles. The Morgan fingerprint density at radius 1 is 0.386 bits per heavy atom. The van der Waals surface area contributed by atoms with Gasteiger partial charge in [0.25, 0.3) is 0 Å². The number of hydrogen-bond acceptors (Lipinski definition) is 5. The van der Waals surface area contributed by atoms with Crippen LogP contribution in [0.4, 0.5) is 0 Å². The molecule has 0 atom stereocenters. The van der Waals surface area contributed by atoms with Gasteiger partial charge in [-0.1, -0.05) is 54.6 Å². The highest BCUT2D eigenvalue weighted by Gasteiger charge is 2.18. The van der Waals surface area contributed by atoms with Gasteiger partial charge in [0.15, 0.2) is 0 Å². The van der Waals surface area contributed by atoms with E-state index in [1.807, 2.05) is 12.1 Å². The molecule has 0 bridgehead atoms. The van der Waals surface area contributed by atoms with Gasteiger partial charge in [-0.3, -0.25) is 0 Å². The molecule has 8 rings (SSSR count). The number of nitrogens with zero attached hydrogens (tertiary/aromatic N) is 3. The molecule has 6 aromatic carbocycles. The van der Waals surface area contributed by atoms with E-state index in [4.69, 9.17) is 0 Å². The largest absolute Gasteiger partial charge is 0.192 e. The number of rotatable bonds is 3. The van der Waals surface area contributed by atoms with Crippen LogP contribution in [0.2, 0.25) is 0 Å². The molecule has 3 nitrogen and oxygen atoms in total. The maximum atomic E-state index is 10.7. The van der Waals surface area contributed by atoms with Crippen LogP contribution < -0.4 is 0 Å². The molecule has 44 heavy (non-hydrogen) atoms. The second kappa shape index (κ2) is 10.2. The summed E-state index contributed by atoms with van der Waals surface area (Å²) in [6.45, 7) is 0. The van der Waals surface area contributed by atoms with Gasteiger partial charge >= 0.3 is 0 Å². The van der Waals surface area contributed by atoms with Crippen LogP contribution in [0.15, 0.2) is 115 Å². The molecule has 0 aliphatic carbocycles. The smallest absolute Gasteiger partial charge is 0.100 e. The van der Waals surface area contributed by atoms with Crippen molar-refractivity contribution in [3.8, 4) is 51.6 Å². The highest BCUT2D eigenvalue weighted by atomic mass is 32.1. The average Bonchev–Trinajstić information content (AvgIpc) is 3.64. The summed E-state index contributed by atoms with van der Waals surface area (Å²) in [5.74, 6) is 0. The molecule has 0 fully saturated rings. The summed E-state index contributed by atoms with van der Waals surface area (Å²) < 4.78 is 4.80. The fourth-order valence-electron chi connectivity index (χ4n) is 6.09. The monoisotopic (exact) mass is 593 g/mol. The fourth-order valence-corrected chi connectivity index (χ4v) is 8.33. The Hall–Kier alpha value is -5.77. The maximum Gasteiger partial charge on any atom is 0.100 e. The van der Waals surface area contributed by atoms with Crippen LogP contribution in [0.5, 0.6) is 0 Å². The topological polar surface area (TPSA) is 71.4 Å². The molecular formula is C39H19N3S2. The van der Waals surface area contributed by atoms with Crippen LogP contribution in [0.3, 0.4) is 0 Å². The van der Waals surface area contributed by atoms with Gasteiger partial charge in [0.1, 0.15) is 6.07 Å². The summed E-state index contributed by atoms with van der Waals surface area (Å²) in [7, 11) is 0. The van der Waals surface area contributed by atoms with Gasteiger partial charge < -0.3 is 0 Å². The Labute approximate surface area is 261 Å². The van der Waals surface area contributed by atoms with Crippen molar-refractivity contribution >= 4 is 63.0 Å². The first-order chi connectivity index (χ1) is 21.6. The average molecular weight is 594 g/mol. The molecule has 0 unspecified atom stereocenters. The summed E-state index contributed by atoms with van der Waals surface area (Å²) >= 11 is 3.51. The quantitative estimate of drug-likeness (QED) is 0.205. The summed E-state index contributed by atoms with van der Waals surface area (Å²) in [5.41, 5.74) is 6.55. The van der Waals surface area contributed by atoms with E-state index in [1.165, 1.54) is 30.3 Å². The van der Waals surface area contributed by atoms with E-state index in [-0.39, 0.29) is 0 Å². The summed E-state index contributed by atoms with van der Waals surface area (Å²) in [4.78, 5) is 0. The van der Waals surface area contributed by atoms with E-state index in [9.17, 15) is 15.8 Å². The van der Waals surface area contributed by atoms with Crippen LogP contribution in [0, 0.1) is 34.0 Å². The lowest BCUT2D eigenvalue weighted by molar-refractivity contribution is 1.44. The molecular weight excluding hydrogens is 575 g/mol. The predicted octanol–water partition coefficient (Wildman–Crippen LogP) is 11.0. The molecule has 0 amide bonds. The number of fused-ring (bicyclic) bond motifs is 6. The van der Waals surface area contributed by atoms with Crippen LogP contribution in [-0.4, -0.2) is 0 Å². The van der Waals surface area contributed by atoms with E-state index >= 15 is 0 Å². The van der Waals surface area contributed by atoms with Crippen LogP contribution in [0.25, 0.3) is 73.7 Å². The first kappa shape index (κ1) is 25.9. The maximum absolute atomic E-state index is 10.7. The number of thiophene rings is 2. The van der Waals surface area contributed by atoms with Crippen molar-refractivity contribution in [1.82, 2.24) is 0 Å². The normalized spacial score (nSPS) is 11.1. The predicted molar refractivity (Wildman–Crippen MR) is 183 cm³/mol. The lowest BCUT2D eigenvalue weighted by atomic mass is 9.87. The first-order valence-corrected chi connectivity index (χ1v) is 15.6. The molecule has 2 heterocycles. The van der Waals surface area contributed by atoms with Gasteiger partial charge in [-0.05, 0) is 82.9 Å². The van der Waals surface area contributed by atoms with Crippen molar-refractivity contribution in [1.29, 1.82) is 15.8 Å². The minimum atomic E-state index is 0.421. The van der Waals surface area contributed by atoms with Crippen molar-refractivity contribution in [2.24, 2.45) is 0 Å². The standard InChI is InChI=1S/C39H19N3S2/c40-20-23-13-24(21-41)15-27(14-23)28-17-32(25-10-12-38-34(16-25)30-6-2-4-8-37(30)43-38)35(22-42)33(18-28)26-9-11-31-29-5-1-3-7-36(29)44-39(31)19-26/h1-19H. The Balaban J connectivity index is 1.42. The first-order valence-electron chi connectivity index (χ1n) is 14.0. The Morgan fingerprint density at radius 3 is 1.57 bits per heavy atom. The third-order valence-corrected chi connectivity index (χ3v) is 10.4. The lowest BCUT2D eigenvalue weighted by Gasteiger charge is -2.15. The molecule has 0 N–H and O–H groups in total. The highest BCUT2D eigenvalue weighted by molar-refractivity contribution is 7.26. The van der Waals surface area contributed by atoms with Gasteiger partial charge in [0.2, 0.25) is 0 Å². The zero-order valence-corrected chi connectivity index (χ0v) is 24.8. The zero-order valence-electron chi connectivity index (χ0n) is 23.1. The van der Waals surface area contributed by atoms with E-state index in [2.05, 4.69) is 103 Å². The summed E-state index contributed by atoms with van der Waals surface area (Å²) in [5, 5.41) is 34.9. The van der Waals surface area contributed by atoms with Crippen molar-refractivity contribution in [3.63, 3.8) is 0 Å². The Kier molecular flexibility index (Phi) is 6.00. The molecule has 0 saturated carbocycles. The van der Waals surface area contributed by atoms with Crippen LogP contribution in [-0.2, 0) is 0 Å². The second-order valence-corrected chi connectivity index (χ2v) is 12.9. The second-order valence-electron chi connectivity index (χ2n) is 10.7. The Bertz CT molecular complexity index is 2570. The molecule has 0 spiro atoms. The summed E-state index contributed by atoms with van der Waals surface area (Å²) in [6.07, 6.45) is 0. The molecule has 0 aliphatic rings. The van der Waals surface area contributed by atoms with Gasteiger partial charge in [0.05, 0.1) is 28.8 Å². The van der Waals surface area contributed by atoms with Crippen molar-refractivity contribution in [2.45, 2.75) is 0 Å². The number of benzene rings is 6. The van der Waals surface area contributed by atoms with E-state index in [1.54, 1.807) is 40.9 Å². The van der Waals surface area contributed by atoms with Crippen molar-refractivity contribution in [2.75, 3.05) is 0 Å². The Morgan fingerprint density at radius 2 is 0.909 bits per heavy atom. The minimum Gasteiger partial charge on any atom is -0.192 e. The molecule has 0 saturated heterocycles.